The molecular formula is C11H11FN2S. The van der Waals surface area contributed by atoms with Crippen LogP contribution in [0.5, 0.6) is 0 Å². The van der Waals surface area contributed by atoms with Crippen molar-refractivity contribution in [3.8, 4) is 0 Å². The minimum atomic E-state index is -0.340. The highest BCUT2D eigenvalue weighted by Crippen LogP contribution is 2.17. The van der Waals surface area contributed by atoms with Crippen molar-refractivity contribution in [2.45, 2.75) is 12.5 Å². The second-order valence-electron chi connectivity index (χ2n) is 3.38. The van der Waals surface area contributed by atoms with Crippen molar-refractivity contribution in [3.05, 3.63) is 52.2 Å². The number of nitrogens with two attached hydrogens (primary N) is 1. The van der Waals surface area contributed by atoms with Gasteiger partial charge in [0.25, 0.3) is 0 Å². The van der Waals surface area contributed by atoms with E-state index in [0.29, 0.717) is 6.42 Å². The summed E-state index contributed by atoms with van der Waals surface area (Å²) >= 11 is 1.63. The van der Waals surface area contributed by atoms with E-state index in [1.54, 1.807) is 17.5 Å². The molecule has 2 nitrogen and oxygen atoms in total. The number of hydrogen-bond donors (Lipinski definition) is 1. The third-order valence-corrected chi connectivity index (χ3v) is 2.92. The third kappa shape index (κ3) is 2.61. The molecule has 2 aromatic heterocycles. The second kappa shape index (κ2) is 4.51. The van der Waals surface area contributed by atoms with E-state index in [9.17, 15) is 4.39 Å². The van der Waals surface area contributed by atoms with E-state index in [1.165, 1.54) is 17.8 Å². The highest BCUT2D eigenvalue weighted by atomic mass is 32.1. The van der Waals surface area contributed by atoms with E-state index in [0.717, 1.165) is 5.56 Å². The average Bonchev–Trinajstić information content (AvgIpc) is 2.70. The number of thiophene rings is 1. The summed E-state index contributed by atoms with van der Waals surface area (Å²) in [6.07, 6.45) is 3.51. The van der Waals surface area contributed by atoms with Gasteiger partial charge in [0.05, 0.1) is 6.20 Å². The Kier molecular flexibility index (Phi) is 3.08. The summed E-state index contributed by atoms with van der Waals surface area (Å²) in [6, 6.07) is 3.27. The minimum absolute atomic E-state index is 0.192. The Morgan fingerprint density at radius 3 is 3.00 bits per heavy atom. The van der Waals surface area contributed by atoms with Gasteiger partial charge in [-0.15, -0.1) is 0 Å². The molecule has 0 aromatic carbocycles. The van der Waals surface area contributed by atoms with E-state index >= 15 is 0 Å². The zero-order chi connectivity index (χ0) is 10.7. The predicted octanol–water partition coefficient (Wildman–Crippen LogP) is 2.52. The molecule has 1 atom stereocenters. The minimum Gasteiger partial charge on any atom is -0.324 e. The van der Waals surface area contributed by atoms with E-state index in [2.05, 4.69) is 4.98 Å². The van der Waals surface area contributed by atoms with Crippen molar-refractivity contribution in [1.82, 2.24) is 4.98 Å². The van der Waals surface area contributed by atoms with Crippen LogP contribution >= 0.6 is 11.3 Å². The monoisotopic (exact) mass is 222 g/mol. The Hall–Kier alpha value is -1.26. The first-order chi connectivity index (χ1) is 7.25. The van der Waals surface area contributed by atoms with Crippen LogP contribution in [0, 0.1) is 5.82 Å². The molecule has 0 aliphatic rings. The third-order valence-electron chi connectivity index (χ3n) is 2.19. The quantitative estimate of drug-likeness (QED) is 0.866. The molecule has 15 heavy (non-hydrogen) atoms. The highest BCUT2D eigenvalue weighted by molar-refractivity contribution is 7.07. The average molecular weight is 222 g/mol. The van der Waals surface area contributed by atoms with Gasteiger partial charge in [-0.05, 0) is 40.4 Å². The van der Waals surface area contributed by atoms with E-state index in [-0.39, 0.29) is 11.9 Å². The van der Waals surface area contributed by atoms with Crippen LogP contribution in [0.25, 0.3) is 0 Å². The van der Waals surface area contributed by atoms with E-state index < -0.39 is 0 Å². The van der Waals surface area contributed by atoms with Crippen molar-refractivity contribution >= 4 is 11.3 Å². The van der Waals surface area contributed by atoms with Gasteiger partial charge in [-0.2, -0.15) is 11.3 Å². The van der Waals surface area contributed by atoms with Crippen LogP contribution in [0.3, 0.4) is 0 Å². The van der Waals surface area contributed by atoms with Gasteiger partial charge >= 0.3 is 0 Å². The van der Waals surface area contributed by atoms with Crippen LogP contribution in [0.15, 0.2) is 35.3 Å². The largest absolute Gasteiger partial charge is 0.324 e. The lowest BCUT2D eigenvalue weighted by atomic mass is 10.0. The zero-order valence-electron chi connectivity index (χ0n) is 8.06. The molecule has 2 heterocycles. The fourth-order valence-electron chi connectivity index (χ4n) is 1.41. The standard InChI is InChI=1S/C11H11FN2S/c12-10-4-9(5-14-6-10)11(13)3-8-1-2-15-7-8/h1-2,4-7,11H,3,13H2. The van der Waals surface area contributed by atoms with Crippen molar-refractivity contribution in [2.75, 3.05) is 0 Å². The fourth-order valence-corrected chi connectivity index (χ4v) is 2.09. The molecule has 0 radical (unpaired) electrons. The van der Waals surface area contributed by atoms with Crippen LogP contribution in [0.2, 0.25) is 0 Å². The Balaban J connectivity index is 2.11. The van der Waals surface area contributed by atoms with E-state index in [1.807, 2.05) is 16.8 Å². The van der Waals surface area contributed by atoms with Crippen molar-refractivity contribution < 1.29 is 4.39 Å². The molecule has 2 aromatic rings. The molecule has 0 aliphatic carbocycles. The van der Waals surface area contributed by atoms with Gasteiger partial charge < -0.3 is 5.73 Å². The first-order valence-corrected chi connectivity index (χ1v) is 5.57. The van der Waals surface area contributed by atoms with Crippen LogP contribution in [-0.2, 0) is 6.42 Å². The predicted molar refractivity (Wildman–Crippen MR) is 59.1 cm³/mol. The van der Waals surface area contributed by atoms with Crippen LogP contribution < -0.4 is 5.73 Å². The van der Waals surface area contributed by atoms with Gasteiger partial charge in [0.2, 0.25) is 0 Å². The van der Waals surface area contributed by atoms with Crippen LogP contribution in [0.4, 0.5) is 4.39 Å². The second-order valence-corrected chi connectivity index (χ2v) is 4.16. The lowest BCUT2D eigenvalue weighted by Crippen LogP contribution is -2.13. The number of nitrogens with zero attached hydrogens (tertiary/aromatic N) is 1. The SMILES string of the molecule is NC(Cc1ccsc1)c1cncc(F)c1. The maximum absolute atomic E-state index is 12.9. The molecule has 0 aliphatic heterocycles. The summed E-state index contributed by atoms with van der Waals surface area (Å²) < 4.78 is 12.9. The maximum Gasteiger partial charge on any atom is 0.141 e. The Bertz CT molecular complexity index is 428. The summed E-state index contributed by atoms with van der Waals surface area (Å²) in [6.45, 7) is 0. The number of hydrogen-bond acceptors (Lipinski definition) is 3. The summed E-state index contributed by atoms with van der Waals surface area (Å²) in [5, 5.41) is 4.05. The lowest BCUT2D eigenvalue weighted by molar-refractivity contribution is 0.610. The first kappa shape index (κ1) is 10.3. The molecule has 1 unspecified atom stereocenters. The molecule has 2 rings (SSSR count). The highest BCUT2D eigenvalue weighted by Gasteiger charge is 2.08. The molecule has 0 bridgehead atoms. The zero-order valence-corrected chi connectivity index (χ0v) is 8.88. The van der Waals surface area contributed by atoms with E-state index in [4.69, 9.17) is 5.73 Å². The summed E-state index contributed by atoms with van der Waals surface area (Å²) in [4.78, 5) is 3.78. The Labute approximate surface area is 91.6 Å². The molecule has 2 N–H and O–H groups in total. The smallest absolute Gasteiger partial charge is 0.141 e. The Morgan fingerprint density at radius 2 is 2.33 bits per heavy atom. The molecule has 0 saturated heterocycles. The van der Waals surface area contributed by atoms with Crippen LogP contribution in [-0.4, -0.2) is 4.98 Å². The lowest BCUT2D eigenvalue weighted by Gasteiger charge is -2.10. The van der Waals surface area contributed by atoms with Gasteiger partial charge in [-0.1, -0.05) is 0 Å². The van der Waals surface area contributed by atoms with Gasteiger partial charge in [0.15, 0.2) is 0 Å². The number of halogens is 1. The number of rotatable bonds is 3. The number of aromatic nitrogens is 1. The van der Waals surface area contributed by atoms with Gasteiger partial charge in [-0.25, -0.2) is 4.39 Å². The van der Waals surface area contributed by atoms with Crippen molar-refractivity contribution in [3.63, 3.8) is 0 Å². The molecule has 0 saturated carbocycles. The molecule has 0 spiro atoms. The molecule has 4 heteroatoms. The first-order valence-electron chi connectivity index (χ1n) is 4.63. The summed E-state index contributed by atoms with van der Waals surface area (Å²) in [7, 11) is 0. The summed E-state index contributed by atoms with van der Waals surface area (Å²) in [5.74, 6) is -0.340. The number of pyridine rings is 1. The topological polar surface area (TPSA) is 38.9 Å². The Morgan fingerprint density at radius 1 is 1.47 bits per heavy atom. The fraction of sp³-hybridized carbons (Fsp3) is 0.182. The van der Waals surface area contributed by atoms with Crippen molar-refractivity contribution in [1.29, 1.82) is 0 Å². The molecule has 78 valence electrons. The molecule has 0 fully saturated rings. The van der Waals surface area contributed by atoms with Gasteiger partial charge in [-0.3, -0.25) is 4.98 Å². The van der Waals surface area contributed by atoms with Crippen LogP contribution in [0.1, 0.15) is 17.2 Å². The normalized spacial score (nSPS) is 12.7. The molecule has 0 amide bonds. The van der Waals surface area contributed by atoms with Gasteiger partial charge in [0, 0.05) is 12.2 Å². The maximum atomic E-state index is 12.9. The molecular weight excluding hydrogens is 211 g/mol. The van der Waals surface area contributed by atoms with Crippen molar-refractivity contribution in [2.24, 2.45) is 5.73 Å². The summed E-state index contributed by atoms with van der Waals surface area (Å²) in [5.41, 5.74) is 7.87. The van der Waals surface area contributed by atoms with Gasteiger partial charge in [0.1, 0.15) is 5.82 Å².